The van der Waals surface area contributed by atoms with Crippen molar-refractivity contribution in [2.24, 2.45) is 0 Å². The third-order valence-corrected chi connectivity index (χ3v) is 4.87. The van der Waals surface area contributed by atoms with Gasteiger partial charge in [0.2, 0.25) is 11.8 Å². The molecule has 0 saturated carbocycles. The lowest BCUT2D eigenvalue weighted by Crippen LogP contribution is -2.50. The summed E-state index contributed by atoms with van der Waals surface area (Å²) in [5, 5.41) is 6.65. The van der Waals surface area contributed by atoms with Crippen LogP contribution in [0.4, 0.5) is 10.1 Å². The highest BCUT2D eigenvalue weighted by Gasteiger charge is 2.22. The van der Waals surface area contributed by atoms with E-state index in [9.17, 15) is 14.0 Å². The second-order valence-corrected chi connectivity index (χ2v) is 6.80. The molecule has 3 rings (SSSR count). The molecule has 0 unspecified atom stereocenters. The minimum absolute atomic E-state index is 0.127. The van der Waals surface area contributed by atoms with E-state index in [1.807, 2.05) is 26.6 Å². The minimum Gasteiger partial charge on any atom is -0.340 e. The number of thiophene rings is 1. The van der Waals surface area contributed by atoms with Gasteiger partial charge in [-0.1, -0.05) is 6.07 Å². The standard InChI is InChI=1S/C18H20FN3O2S/c19-15-2-1-3-16(11-15)20-17(23)12-21-5-7-22(8-6-21)18(24)10-14-4-9-25-13-14/h1-4,9,11,13H,5-8,10,12H2,(H,20,23). The largest absolute Gasteiger partial charge is 0.340 e. The Bertz CT molecular complexity index is 728. The molecule has 1 aliphatic rings. The van der Waals surface area contributed by atoms with Gasteiger partial charge < -0.3 is 10.2 Å². The Balaban J connectivity index is 1.42. The van der Waals surface area contributed by atoms with Gasteiger partial charge in [0.05, 0.1) is 13.0 Å². The van der Waals surface area contributed by atoms with Gasteiger partial charge in [-0.25, -0.2) is 4.39 Å². The molecule has 7 heteroatoms. The first-order valence-electron chi connectivity index (χ1n) is 8.17. The number of rotatable bonds is 5. The van der Waals surface area contributed by atoms with Crippen molar-refractivity contribution in [2.45, 2.75) is 6.42 Å². The van der Waals surface area contributed by atoms with Gasteiger partial charge in [0.15, 0.2) is 0 Å². The van der Waals surface area contributed by atoms with Crippen LogP contribution in [-0.2, 0) is 16.0 Å². The van der Waals surface area contributed by atoms with E-state index >= 15 is 0 Å². The molecule has 132 valence electrons. The van der Waals surface area contributed by atoms with Gasteiger partial charge in [-0.3, -0.25) is 14.5 Å². The van der Waals surface area contributed by atoms with E-state index in [2.05, 4.69) is 5.32 Å². The van der Waals surface area contributed by atoms with E-state index in [-0.39, 0.29) is 24.2 Å². The Labute approximate surface area is 150 Å². The van der Waals surface area contributed by atoms with Crippen LogP contribution in [0.1, 0.15) is 5.56 Å². The maximum atomic E-state index is 13.1. The van der Waals surface area contributed by atoms with E-state index < -0.39 is 0 Å². The molecule has 0 radical (unpaired) electrons. The number of piperazine rings is 1. The van der Waals surface area contributed by atoms with Crippen molar-refractivity contribution in [3.8, 4) is 0 Å². The summed E-state index contributed by atoms with van der Waals surface area (Å²) in [6, 6.07) is 7.81. The lowest BCUT2D eigenvalue weighted by molar-refractivity contribution is -0.132. The van der Waals surface area contributed by atoms with Gasteiger partial charge in [0.25, 0.3) is 0 Å². The first-order chi connectivity index (χ1) is 12.1. The number of anilines is 1. The summed E-state index contributed by atoms with van der Waals surface area (Å²) in [7, 11) is 0. The number of nitrogens with zero attached hydrogens (tertiary/aromatic N) is 2. The second kappa shape index (κ2) is 8.22. The maximum absolute atomic E-state index is 13.1. The quantitative estimate of drug-likeness (QED) is 0.888. The lowest BCUT2D eigenvalue weighted by Gasteiger charge is -2.34. The van der Waals surface area contributed by atoms with Crippen LogP contribution in [0.5, 0.6) is 0 Å². The smallest absolute Gasteiger partial charge is 0.238 e. The van der Waals surface area contributed by atoms with Crippen LogP contribution in [-0.4, -0.2) is 54.3 Å². The molecule has 2 amide bonds. The number of benzene rings is 1. The van der Waals surface area contributed by atoms with Crippen LogP contribution in [0.3, 0.4) is 0 Å². The topological polar surface area (TPSA) is 52.7 Å². The third-order valence-electron chi connectivity index (χ3n) is 4.14. The average Bonchev–Trinajstić information content (AvgIpc) is 3.08. The van der Waals surface area contributed by atoms with Gasteiger partial charge in [-0.2, -0.15) is 11.3 Å². The molecule has 2 aromatic rings. The highest BCUT2D eigenvalue weighted by Crippen LogP contribution is 2.11. The molecule has 2 heterocycles. The highest BCUT2D eigenvalue weighted by atomic mass is 32.1. The molecule has 1 N–H and O–H groups in total. The molecule has 1 aromatic carbocycles. The zero-order chi connectivity index (χ0) is 17.6. The monoisotopic (exact) mass is 361 g/mol. The van der Waals surface area contributed by atoms with Gasteiger partial charge in [-0.05, 0) is 40.6 Å². The number of hydrogen-bond acceptors (Lipinski definition) is 4. The Hall–Kier alpha value is -2.25. The van der Waals surface area contributed by atoms with Crippen molar-refractivity contribution in [2.75, 3.05) is 38.0 Å². The van der Waals surface area contributed by atoms with Crippen LogP contribution in [0.15, 0.2) is 41.1 Å². The second-order valence-electron chi connectivity index (χ2n) is 6.02. The number of carbonyl (C=O) groups is 2. The van der Waals surface area contributed by atoms with Crippen LogP contribution in [0, 0.1) is 5.82 Å². The highest BCUT2D eigenvalue weighted by molar-refractivity contribution is 7.08. The normalized spacial score (nSPS) is 15.2. The number of hydrogen-bond donors (Lipinski definition) is 1. The third kappa shape index (κ3) is 5.11. The summed E-state index contributed by atoms with van der Waals surface area (Å²) in [4.78, 5) is 28.2. The summed E-state index contributed by atoms with van der Waals surface area (Å²) in [6.07, 6.45) is 0.434. The Morgan fingerprint density at radius 2 is 1.96 bits per heavy atom. The number of halogens is 1. The zero-order valence-electron chi connectivity index (χ0n) is 13.8. The van der Waals surface area contributed by atoms with Gasteiger partial charge in [0, 0.05) is 31.9 Å². The summed E-state index contributed by atoms with van der Waals surface area (Å²) in [6.45, 7) is 2.80. The Kier molecular flexibility index (Phi) is 5.78. The Morgan fingerprint density at radius 3 is 2.64 bits per heavy atom. The van der Waals surface area contributed by atoms with Crippen molar-refractivity contribution in [3.05, 3.63) is 52.5 Å². The predicted molar refractivity (Wildman–Crippen MR) is 96.1 cm³/mol. The molecule has 0 bridgehead atoms. The fourth-order valence-electron chi connectivity index (χ4n) is 2.80. The number of nitrogens with one attached hydrogen (secondary N) is 1. The predicted octanol–water partition coefficient (Wildman–Crippen LogP) is 2.21. The Morgan fingerprint density at radius 1 is 1.16 bits per heavy atom. The molecule has 0 atom stereocenters. The molecular formula is C18H20FN3O2S. The molecule has 25 heavy (non-hydrogen) atoms. The van der Waals surface area contributed by atoms with E-state index in [1.165, 1.54) is 12.1 Å². The van der Waals surface area contributed by atoms with E-state index in [0.29, 0.717) is 38.3 Å². The molecule has 0 spiro atoms. The maximum Gasteiger partial charge on any atom is 0.238 e. The van der Waals surface area contributed by atoms with E-state index in [4.69, 9.17) is 0 Å². The molecule has 1 saturated heterocycles. The summed E-state index contributed by atoms with van der Waals surface area (Å²) >= 11 is 1.59. The molecule has 1 fully saturated rings. The van der Waals surface area contributed by atoms with Gasteiger partial charge in [0.1, 0.15) is 5.82 Å². The molecule has 0 aliphatic carbocycles. The molecular weight excluding hydrogens is 341 g/mol. The molecule has 1 aliphatic heterocycles. The van der Waals surface area contributed by atoms with E-state index in [1.54, 1.807) is 23.5 Å². The number of amides is 2. The summed E-state index contributed by atoms with van der Waals surface area (Å²) in [5.41, 5.74) is 1.50. The zero-order valence-corrected chi connectivity index (χ0v) is 14.6. The van der Waals surface area contributed by atoms with Crippen LogP contribution in [0.25, 0.3) is 0 Å². The van der Waals surface area contributed by atoms with Crippen LogP contribution >= 0.6 is 11.3 Å². The summed E-state index contributed by atoms with van der Waals surface area (Å²) in [5.74, 6) is -0.429. The van der Waals surface area contributed by atoms with Crippen molar-refractivity contribution < 1.29 is 14.0 Å². The molecule has 5 nitrogen and oxygen atoms in total. The van der Waals surface area contributed by atoms with Crippen molar-refractivity contribution in [1.82, 2.24) is 9.80 Å². The van der Waals surface area contributed by atoms with Crippen molar-refractivity contribution in [1.29, 1.82) is 0 Å². The van der Waals surface area contributed by atoms with Crippen molar-refractivity contribution >= 4 is 28.8 Å². The molecule has 1 aromatic heterocycles. The SMILES string of the molecule is O=C(CN1CCN(C(=O)Cc2ccsc2)CC1)Nc1cccc(F)c1. The van der Waals surface area contributed by atoms with Gasteiger partial charge >= 0.3 is 0 Å². The first kappa shape index (κ1) is 17.6. The van der Waals surface area contributed by atoms with Crippen LogP contribution in [0.2, 0.25) is 0 Å². The summed E-state index contributed by atoms with van der Waals surface area (Å²) < 4.78 is 13.1. The number of carbonyl (C=O) groups excluding carboxylic acids is 2. The lowest BCUT2D eigenvalue weighted by atomic mass is 10.2. The average molecular weight is 361 g/mol. The van der Waals surface area contributed by atoms with Crippen molar-refractivity contribution in [3.63, 3.8) is 0 Å². The van der Waals surface area contributed by atoms with E-state index in [0.717, 1.165) is 5.56 Å². The fourth-order valence-corrected chi connectivity index (χ4v) is 3.47. The van der Waals surface area contributed by atoms with Crippen LogP contribution < -0.4 is 5.32 Å². The van der Waals surface area contributed by atoms with Gasteiger partial charge in [-0.15, -0.1) is 0 Å². The minimum atomic E-state index is -0.379. The first-order valence-corrected chi connectivity index (χ1v) is 9.11. The fraction of sp³-hybridized carbons (Fsp3) is 0.333.